The first kappa shape index (κ1) is 11.4. The topological polar surface area (TPSA) is 41.5 Å². The van der Waals surface area contributed by atoms with Crippen molar-refractivity contribution in [1.29, 1.82) is 0 Å². The molecule has 2 saturated carbocycles. The van der Waals surface area contributed by atoms with Gasteiger partial charge >= 0.3 is 0 Å². The third-order valence-electron chi connectivity index (χ3n) is 4.58. The van der Waals surface area contributed by atoms with Crippen LogP contribution >= 0.6 is 0 Å². The molecule has 2 N–H and O–H groups in total. The van der Waals surface area contributed by atoms with Gasteiger partial charge in [-0.2, -0.15) is 0 Å². The molecule has 2 fully saturated rings. The molecule has 2 rings (SSSR count). The molecule has 0 radical (unpaired) electrons. The van der Waals surface area contributed by atoms with Crippen molar-refractivity contribution >= 4 is 0 Å². The molecular weight excluding hydrogens is 190 g/mol. The molecule has 88 valence electrons. The highest BCUT2D eigenvalue weighted by molar-refractivity contribution is 5.03. The molecule has 3 nitrogen and oxygen atoms in total. The second kappa shape index (κ2) is 3.72. The van der Waals surface area contributed by atoms with Crippen LogP contribution in [0.4, 0.5) is 0 Å². The van der Waals surface area contributed by atoms with Gasteiger partial charge in [-0.25, -0.2) is 0 Å². The van der Waals surface area contributed by atoms with Crippen LogP contribution in [-0.4, -0.2) is 36.5 Å². The van der Waals surface area contributed by atoms with Crippen molar-refractivity contribution in [2.75, 3.05) is 13.7 Å². The smallest absolute Gasteiger partial charge is 0.0802 e. The Labute approximate surface area is 92.2 Å². The minimum Gasteiger partial charge on any atom is -0.392 e. The summed E-state index contributed by atoms with van der Waals surface area (Å²) in [5.74, 6) is 0. The zero-order valence-corrected chi connectivity index (χ0v) is 10.0. The van der Waals surface area contributed by atoms with Gasteiger partial charge in [0.15, 0.2) is 0 Å². The van der Waals surface area contributed by atoms with Crippen LogP contribution in [0.25, 0.3) is 0 Å². The Morgan fingerprint density at radius 1 is 1.40 bits per heavy atom. The van der Waals surface area contributed by atoms with Crippen molar-refractivity contribution in [3.63, 3.8) is 0 Å². The standard InChI is InChI=1S/C12H23NO2/c1-11(2)9(7-10(11)14)13-8-12(15-3)5-4-6-12/h9-10,13-14H,4-8H2,1-3H3. The van der Waals surface area contributed by atoms with E-state index >= 15 is 0 Å². The zero-order valence-electron chi connectivity index (χ0n) is 10.0. The Kier molecular flexibility index (Phi) is 2.82. The molecule has 0 aromatic heterocycles. The molecule has 0 spiro atoms. The fourth-order valence-electron chi connectivity index (χ4n) is 2.58. The summed E-state index contributed by atoms with van der Waals surface area (Å²) < 4.78 is 5.56. The molecule has 3 heteroatoms. The van der Waals surface area contributed by atoms with Gasteiger partial charge in [-0.15, -0.1) is 0 Å². The molecule has 0 aliphatic heterocycles. The fraction of sp³-hybridized carbons (Fsp3) is 1.00. The molecule has 0 heterocycles. The van der Waals surface area contributed by atoms with Crippen molar-refractivity contribution in [3.8, 4) is 0 Å². The summed E-state index contributed by atoms with van der Waals surface area (Å²) in [6.45, 7) is 5.18. The average Bonchev–Trinajstić information content (AvgIpc) is 2.15. The molecule has 0 aromatic rings. The molecule has 0 aromatic carbocycles. The lowest BCUT2D eigenvalue weighted by atomic mass is 9.64. The third-order valence-corrected chi connectivity index (χ3v) is 4.58. The van der Waals surface area contributed by atoms with Gasteiger partial charge in [-0.1, -0.05) is 13.8 Å². The summed E-state index contributed by atoms with van der Waals surface area (Å²) >= 11 is 0. The highest BCUT2D eigenvalue weighted by Crippen LogP contribution is 2.41. The Morgan fingerprint density at radius 3 is 2.40 bits per heavy atom. The molecule has 2 aliphatic rings. The number of hydrogen-bond donors (Lipinski definition) is 2. The molecule has 15 heavy (non-hydrogen) atoms. The summed E-state index contributed by atoms with van der Waals surface area (Å²) in [6.07, 6.45) is 4.37. The zero-order chi connectivity index (χ0) is 11.1. The van der Waals surface area contributed by atoms with Gasteiger partial charge < -0.3 is 15.2 Å². The molecule has 0 amide bonds. The largest absolute Gasteiger partial charge is 0.392 e. The van der Waals surface area contributed by atoms with Gasteiger partial charge in [-0.05, 0) is 25.7 Å². The minimum absolute atomic E-state index is 0.0265. The Balaban J connectivity index is 1.79. The third kappa shape index (κ3) is 1.81. The van der Waals surface area contributed by atoms with Crippen LogP contribution < -0.4 is 5.32 Å². The fourth-order valence-corrected chi connectivity index (χ4v) is 2.58. The van der Waals surface area contributed by atoms with Crippen LogP contribution in [0.2, 0.25) is 0 Å². The van der Waals surface area contributed by atoms with E-state index in [0.717, 1.165) is 13.0 Å². The second-order valence-corrected chi connectivity index (χ2v) is 5.75. The first-order valence-corrected chi connectivity index (χ1v) is 5.97. The minimum atomic E-state index is -0.144. The highest BCUT2D eigenvalue weighted by atomic mass is 16.5. The van der Waals surface area contributed by atoms with Crippen molar-refractivity contribution in [1.82, 2.24) is 5.32 Å². The average molecular weight is 213 g/mol. The number of aliphatic hydroxyl groups excluding tert-OH is 1. The number of hydrogen-bond acceptors (Lipinski definition) is 3. The van der Waals surface area contributed by atoms with E-state index in [-0.39, 0.29) is 17.1 Å². The lowest BCUT2D eigenvalue weighted by molar-refractivity contribution is -0.101. The monoisotopic (exact) mass is 213 g/mol. The molecule has 2 unspecified atom stereocenters. The lowest BCUT2D eigenvalue weighted by Crippen LogP contribution is -2.63. The quantitative estimate of drug-likeness (QED) is 0.739. The highest BCUT2D eigenvalue weighted by Gasteiger charge is 2.48. The summed E-state index contributed by atoms with van der Waals surface area (Å²) in [4.78, 5) is 0. The van der Waals surface area contributed by atoms with Crippen molar-refractivity contribution < 1.29 is 9.84 Å². The van der Waals surface area contributed by atoms with Crippen LogP contribution in [0, 0.1) is 5.41 Å². The van der Waals surface area contributed by atoms with E-state index in [1.165, 1.54) is 19.3 Å². The Bertz CT molecular complexity index is 230. The van der Waals surface area contributed by atoms with Gasteiger partial charge in [0.2, 0.25) is 0 Å². The second-order valence-electron chi connectivity index (χ2n) is 5.75. The Morgan fingerprint density at radius 2 is 2.07 bits per heavy atom. The number of methoxy groups -OCH3 is 1. The summed E-state index contributed by atoms with van der Waals surface area (Å²) in [7, 11) is 1.81. The molecular formula is C12H23NO2. The van der Waals surface area contributed by atoms with Gasteiger partial charge in [-0.3, -0.25) is 0 Å². The molecule has 0 saturated heterocycles. The molecule has 0 bridgehead atoms. The first-order chi connectivity index (χ1) is 7.00. The molecule has 2 aliphatic carbocycles. The molecule has 2 atom stereocenters. The van der Waals surface area contributed by atoms with Crippen LogP contribution in [0.15, 0.2) is 0 Å². The number of aliphatic hydroxyl groups is 1. The van der Waals surface area contributed by atoms with Crippen molar-refractivity contribution in [2.45, 2.75) is 57.3 Å². The van der Waals surface area contributed by atoms with E-state index in [4.69, 9.17) is 4.74 Å². The lowest BCUT2D eigenvalue weighted by Gasteiger charge is -2.51. The Hall–Kier alpha value is -0.120. The normalized spacial score (nSPS) is 36.8. The van der Waals surface area contributed by atoms with Gasteiger partial charge in [0, 0.05) is 25.1 Å². The van der Waals surface area contributed by atoms with Crippen LogP contribution in [0.5, 0.6) is 0 Å². The maximum Gasteiger partial charge on any atom is 0.0802 e. The SMILES string of the molecule is COC1(CNC2CC(O)C2(C)C)CCC1. The maximum atomic E-state index is 9.63. The van der Waals surface area contributed by atoms with E-state index < -0.39 is 0 Å². The van der Waals surface area contributed by atoms with Crippen molar-refractivity contribution in [3.05, 3.63) is 0 Å². The van der Waals surface area contributed by atoms with Crippen LogP contribution in [-0.2, 0) is 4.74 Å². The summed E-state index contributed by atoms with van der Waals surface area (Å²) in [5, 5.41) is 13.2. The van der Waals surface area contributed by atoms with E-state index in [1.807, 2.05) is 7.11 Å². The summed E-state index contributed by atoms with van der Waals surface area (Å²) in [6, 6.07) is 0.445. The predicted molar refractivity (Wildman–Crippen MR) is 59.8 cm³/mol. The van der Waals surface area contributed by atoms with E-state index in [1.54, 1.807) is 0 Å². The first-order valence-electron chi connectivity index (χ1n) is 5.97. The maximum absolute atomic E-state index is 9.63. The number of nitrogens with one attached hydrogen (secondary N) is 1. The van der Waals surface area contributed by atoms with Crippen LogP contribution in [0.1, 0.15) is 39.5 Å². The van der Waals surface area contributed by atoms with Gasteiger partial charge in [0.1, 0.15) is 0 Å². The van der Waals surface area contributed by atoms with Crippen molar-refractivity contribution in [2.24, 2.45) is 5.41 Å². The van der Waals surface area contributed by atoms with Gasteiger partial charge in [0.05, 0.1) is 11.7 Å². The van der Waals surface area contributed by atoms with Gasteiger partial charge in [0.25, 0.3) is 0 Å². The van der Waals surface area contributed by atoms with Crippen LogP contribution in [0.3, 0.4) is 0 Å². The predicted octanol–water partition coefficient (Wildman–Crippen LogP) is 1.30. The summed E-state index contributed by atoms with van der Waals surface area (Å²) in [5.41, 5.74) is 0.120. The van der Waals surface area contributed by atoms with E-state index in [9.17, 15) is 5.11 Å². The van der Waals surface area contributed by atoms with E-state index in [0.29, 0.717) is 6.04 Å². The number of ether oxygens (including phenoxy) is 1. The van der Waals surface area contributed by atoms with E-state index in [2.05, 4.69) is 19.2 Å². The number of rotatable bonds is 4.